The van der Waals surface area contributed by atoms with E-state index >= 15 is 0 Å². The highest BCUT2D eigenvalue weighted by molar-refractivity contribution is 5.86. The Morgan fingerprint density at radius 1 is 0.703 bits per heavy atom. The van der Waals surface area contributed by atoms with Gasteiger partial charge in [-0.3, -0.25) is 9.80 Å². The zero-order chi connectivity index (χ0) is 23.3. The van der Waals surface area contributed by atoms with Gasteiger partial charge >= 0.3 is 0 Å². The van der Waals surface area contributed by atoms with Gasteiger partial charge in [-0.2, -0.15) is 0 Å². The molecule has 4 nitrogen and oxygen atoms in total. The molecule has 0 spiro atoms. The lowest BCUT2D eigenvalue weighted by molar-refractivity contribution is 0.0753. The van der Waals surface area contributed by atoms with Crippen LogP contribution in [-0.4, -0.2) is 45.9 Å². The molecule has 4 aromatic rings. The Morgan fingerprint density at radius 2 is 1.16 bits per heavy atom. The number of aryl methyl sites for hydroxylation is 1. The van der Waals surface area contributed by atoms with E-state index in [0.717, 1.165) is 44.0 Å². The van der Waals surface area contributed by atoms with Gasteiger partial charge in [-0.1, -0.05) is 97.9 Å². The number of halogens is 3. The summed E-state index contributed by atoms with van der Waals surface area (Å²) in [6.07, 6.45) is 1.06. The van der Waals surface area contributed by atoms with Gasteiger partial charge in [0.2, 0.25) is 0 Å². The number of aromatic nitrogens is 2. The van der Waals surface area contributed by atoms with Crippen molar-refractivity contribution in [2.24, 2.45) is 0 Å². The summed E-state index contributed by atoms with van der Waals surface area (Å²) in [4.78, 5) is 13.9. The van der Waals surface area contributed by atoms with E-state index in [1.54, 1.807) is 0 Å². The Kier molecular flexibility index (Phi) is 12.2. The molecule has 0 radical (unpaired) electrons. The minimum Gasteiger partial charge on any atom is -0.342 e. The van der Waals surface area contributed by atoms with E-state index in [0.29, 0.717) is 12.1 Å². The summed E-state index contributed by atoms with van der Waals surface area (Å²) in [6.45, 7) is 8.61. The SMILES string of the molecule is CCC(c1nc(-c2ccccc2)[nH]c1C)N1CCN(C(c2ccccc2)c2ccccc2)CC1.Cl.Cl.Cl. The molecule has 7 heteroatoms. The lowest BCUT2D eigenvalue weighted by Crippen LogP contribution is -2.49. The third-order valence-electron chi connectivity index (χ3n) is 7.06. The molecular weight excluding hydrogens is 523 g/mol. The molecule has 1 N–H and O–H groups in total. The number of hydrogen-bond donors (Lipinski definition) is 1. The van der Waals surface area contributed by atoms with E-state index in [4.69, 9.17) is 4.98 Å². The fourth-order valence-electron chi connectivity index (χ4n) is 5.35. The van der Waals surface area contributed by atoms with Gasteiger partial charge in [0.15, 0.2) is 0 Å². The van der Waals surface area contributed by atoms with E-state index in [9.17, 15) is 0 Å². The highest BCUT2D eigenvalue weighted by Crippen LogP contribution is 2.33. The van der Waals surface area contributed by atoms with Crippen molar-refractivity contribution in [1.82, 2.24) is 19.8 Å². The van der Waals surface area contributed by atoms with Crippen LogP contribution >= 0.6 is 37.2 Å². The van der Waals surface area contributed by atoms with Gasteiger partial charge in [-0.25, -0.2) is 4.98 Å². The van der Waals surface area contributed by atoms with Gasteiger partial charge in [0.1, 0.15) is 5.82 Å². The predicted molar refractivity (Wildman–Crippen MR) is 161 cm³/mol. The van der Waals surface area contributed by atoms with Crippen LogP contribution in [0.2, 0.25) is 0 Å². The molecule has 1 unspecified atom stereocenters. The van der Waals surface area contributed by atoms with Crippen LogP contribution in [0.1, 0.15) is 47.9 Å². The van der Waals surface area contributed by atoms with Gasteiger partial charge in [0.25, 0.3) is 0 Å². The summed E-state index contributed by atoms with van der Waals surface area (Å²) >= 11 is 0. The highest BCUT2D eigenvalue weighted by Gasteiger charge is 2.31. The van der Waals surface area contributed by atoms with Crippen molar-refractivity contribution in [3.05, 3.63) is 114 Å². The minimum absolute atomic E-state index is 0. The fraction of sp³-hybridized carbons (Fsp3) is 0.300. The maximum atomic E-state index is 5.06. The van der Waals surface area contributed by atoms with Crippen LogP contribution in [0, 0.1) is 6.92 Å². The van der Waals surface area contributed by atoms with Gasteiger partial charge < -0.3 is 4.98 Å². The van der Waals surface area contributed by atoms with Gasteiger partial charge in [0.05, 0.1) is 17.8 Å². The van der Waals surface area contributed by atoms with Crippen molar-refractivity contribution in [2.75, 3.05) is 26.2 Å². The summed E-state index contributed by atoms with van der Waals surface area (Å²) in [5.41, 5.74) is 6.25. The number of aromatic amines is 1. The Balaban J connectivity index is 0.00000160. The number of hydrogen-bond acceptors (Lipinski definition) is 3. The summed E-state index contributed by atoms with van der Waals surface area (Å²) in [7, 11) is 0. The quantitative estimate of drug-likeness (QED) is 0.254. The summed E-state index contributed by atoms with van der Waals surface area (Å²) in [5, 5.41) is 0. The van der Waals surface area contributed by atoms with E-state index < -0.39 is 0 Å². The lowest BCUT2D eigenvalue weighted by atomic mass is 9.96. The van der Waals surface area contributed by atoms with Crippen molar-refractivity contribution in [3.8, 4) is 11.4 Å². The van der Waals surface area contributed by atoms with Crippen molar-refractivity contribution < 1.29 is 0 Å². The van der Waals surface area contributed by atoms with Crippen LogP contribution in [0.5, 0.6) is 0 Å². The molecule has 1 aliphatic heterocycles. The third kappa shape index (κ3) is 6.95. The molecule has 198 valence electrons. The number of imidazole rings is 1. The van der Waals surface area contributed by atoms with Crippen molar-refractivity contribution >= 4 is 37.2 Å². The second kappa shape index (κ2) is 14.6. The van der Waals surface area contributed by atoms with Crippen LogP contribution in [0.15, 0.2) is 91.0 Å². The maximum Gasteiger partial charge on any atom is 0.137 e. The second-order valence-corrected chi connectivity index (χ2v) is 9.18. The topological polar surface area (TPSA) is 35.2 Å². The maximum absolute atomic E-state index is 5.06. The predicted octanol–water partition coefficient (Wildman–Crippen LogP) is 7.51. The number of piperazine rings is 1. The van der Waals surface area contributed by atoms with Crippen LogP contribution in [0.25, 0.3) is 11.4 Å². The lowest BCUT2D eigenvalue weighted by Gasteiger charge is -2.42. The summed E-state index contributed by atoms with van der Waals surface area (Å²) < 4.78 is 0. The first-order chi connectivity index (χ1) is 16.7. The van der Waals surface area contributed by atoms with Gasteiger partial charge in [0, 0.05) is 37.4 Å². The molecule has 37 heavy (non-hydrogen) atoms. The summed E-state index contributed by atoms with van der Waals surface area (Å²) in [5.74, 6) is 0.971. The van der Waals surface area contributed by atoms with Crippen molar-refractivity contribution in [3.63, 3.8) is 0 Å². The molecule has 0 amide bonds. The van der Waals surface area contributed by atoms with E-state index in [1.165, 1.54) is 22.5 Å². The molecule has 1 saturated heterocycles. The Bertz CT molecular complexity index is 1140. The smallest absolute Gasteiger partial charge is 0.137 e. The number of benzene rings is 3. The molecule has 0 bridgehead atoms. The van der Waals surface area contributed by atoms with Crippen molar-refractivity contribution in [2.45, 2.75) is 32.4 Å². The van der Waals surface area contributed by atoms with E-state index in [1.807, 2.05) is 6.07 Å². The molecule has 0 saturated carbocycles. The first kappa shape index (κ1) is 30.9. The van der Waals surface area contributed by atoms with Crippen LogP contribution in [0.4, 0.5) is 0 Å². The first-order valence-electron chi connectivity index (χ1n) is 12.4. The molecular formula is C30H37Cl3N4. The summed E-state index contributed by atoms with van der Waals surface area (Å²) in [6, 6.07) is 32.9. The van der Waals surface area contributed by atoms with E-state index in [2.05, 4.69) is 114 Å². The minimum atomic E-state index is 0. The normalized spacial score (nSPS) is 14.8. The van der Waals surface area contributed by atoms with Crippen LogP contribution in [-0.2, 0) is 0 Å². The molecule has 3 aromatic carbocycles. The average molecular weight is 560 g/mol. The van der Waals surface area contributed by atoms with Gasteiger partial charge in [-0.05, 0) is 24.5 Å². The number of rotatable bonds is 7. The second-order valence-electron chi connectivity index (χ2n) is 9.18. The molecule has 1 aromatic heterocycles. The van der Waals surface area contributed by atoms with Crippen molar-refractivity contribution in [1.29, 1.82) is 0 Å². The number of nitrogens with zero attached hydrogens (tertiary/aromatic N) is 3. The molecule has 0 aliphatic carbocycles. The zero-order valence-electron chi connectivity index (χ0n) is 21.4. The molecule has 1 fully saturated rings. The van der Waals surface area contributed by atoms with E-state index in [-0.39, 0.29) is 37.2 Å². The standard InChI is InChI=1S/C30H34N4.3ClH/c1-3-27(28-23(2)31-30(32-28)26-17-11-6-12-18-26)33-19-21-34(22-20-33)29(24-13-7-4-8-14-24)25-15-9-5-10-16-25;;;/h4-18,27,29H,3,19-22H2,1-2H3,(H,31,32);3*1H. The largest absolute Gasteiger partial charge is 0.342 e. The third-order valence-corrected chi connectivity index (χ3v) is 7.06. The Morgan fingerprint density at radius 3 is 1.65 bits per heavy atom. The average Bonchev–Trinajstić information content (AvgIpc) is 3.29. The van der Waals surface area contributed by atoms with Crippen LogP contribution in [0.3, 0.4) is 0 Å². The molecule has 2 heterocycles. The number of H-pyrrole nitrogens is 1. The van der Waals surface area contributed by atoms with Gasteiger partial charge in [-0.15, -0.1) is 37.2 Å². The molecule has 1 atom stereocenters. The Hall–Kier alpha value is -2.34. The zero-order valence-corrected chi connectivity index (χ0v) is 23.9. The number of nitrogens with one attached hydrogen (secondary N) is 1. The fourth-order valence-corrected chi connectivity index (χ4v) is 5.35. The molecule has 5 rings (SSSR count). The van der Waals surface area contributed by atoms with Crippen LogP contribution < -0.4 is 0 Å². The highest BCUT2D eigenvalue weighted by atomic mass is 35.5. The monoisotopic (exact) mass is 558 g/mol. The Labute approximate surface area is 239 Å². The molecule has 1 aliphatic rings. The first-order valence-corrected chi connectivity index (χ1v) is 12.4.